The molecule has 0 atom stereocenters. The van der Waals surface area contributed by atoms with E-state index in [-0.39, 0.29) is 24.6 Å². The Hall–Kier alpha value is -0.660. The first-order chi connectivity index (χ1) is 8.80. The van der Waals surface area contributed by atoms with Gasteiger partial charge in [0.25, 0.3) is 0 Å². The number of aliphatic carboxylic acids is 1. The summed E-state index contributed by atoms with van der Waals surface area (Å²) in [5, 5.41) is 8.49. The van der Waals surface area contributed by atoms with Crippen LogP contribution in [0.1, 0.15) is 39.5 Å². The van der Waals surface area contributed by atoms with Gasteiger partial charge in [-0.25, -0.2) is 13.1 Å². The van der Waals surface area contributed by atoms with Crippen LogP contribution in [0.25, 0.3) is 0 Å². The molecule has 7 heteroatoms. The summed E-state index contributed by atoms with van der Waals surface area (Å²) >= 11 is 0. The molecule has 2 N–H and O–H groups in total. The first-order valence-electron chi connectivity index (χ1n) is 6.76. The molecule has 0 bridgehead atoms. The number of hydrogen-bond donors (Lipinski definition) is 2. The van der Waals surface area contributed by atoms with Crippen molar-refractivity contribution in [2.24, 2.45) is 0 Å². The van der Waals surface area contributed by atoms with Gasteiger partial charge in [-0.15, -0.1) is 0 Å². The topological polar surface area (TPSA) is 86.7 Å². The lowest BCUT2D eigenvalue weighted by atomic mass is 10.1. The Labute approximate surface area is 115 Å². The number of piperidine rings is 1. The van der Waals surface area contributed by atoms with Crippen molar-refractivity contribution in [3.63, 3.8) is 0 Å². The number of rotatable bonds is 7. The molecular formula is C12H24N2O4S. The van der Waals surface area contributed by atoms with Crippen LogP contribution in [0.5, 0.6) is 0 Å². The van der Waals surface area contributed by atoms with E-state index in [1.807, 2.05) is 0 Å². The van der Waals surface area contributed by atoms with Crippen LogP contribution >= 0.6 is 0 Å². The van der Waals surface area contributed by atoms with Crippen molar-refractivity contribution in [2.45, 2.75) is 51.6 Å². The molecule has 1 heterocycles. The maximum atomic E-state index is 11.8. The first kappa shape index (κ1) is 16.4. The first-order valence-corrected chi connectivity index (χ1v) is 8.41. The zero-order chi connectivity index (χ0) is 14.5. The van der Waals surface area contributed by atoms with E-state index >= 15 is 0 Å². The summed E-state index contributed by atoms with van der Waals surface area (Å²) in [4.78, 5) is 12.7. The lowest BCUT2D eigenvalue weighted by Crippen LogP contribution is -2.47. The van der Waals surface area contributed by atoms with Gasteiger partial charge < -0.3 is 10.0 Å². The van der Waals surface area contributed by atoms with Crippen molar-refractivity contribution in [3.8, 4) is 0 Å². The van der Waals surface area contributed by atoms with Crippen molar-refractivity contribution >= 4 is 16.0 Å². The number of likely N-dealkylation sites (tertiary alicyclic amines) is 1. The maximum absolute atomic E-state index is 11.8. The van der Waals surface area contributed by atoms with Crippen LogP contribution in [0.4, 0.5) is 0 Å². The highest BCUT2D eigenvalue weighted by molar-refractivity contribution is 7.89. The van der Waals surface area contributed by atoms with Gasteiger partial charge in [0.15, 0.2) is 0 Å². The fourth-order valence-corrected chi connectivity index (χ4v) is 3.65. The minimum Gasteiger partial charge on any atom is -0.481 e. The molecule has 19 heavy (non-hydrogen) atoms. The number of carbonyl (C=O) groups is 1. The SMILES string of the molecule is CC(C)N1CCC(NS(=O)(=O)CCCC(=O)O)CC1. The quantitative estimate of drug-likeness (QED) is 0.719. The van der Waals surface area contributed by atoms with Crippen LogP contribution in [0.15, 0.2) is 0 Å². The lowest BCUT2D eigenvalue weighted by molar-refractivity contribution is -0.137. The third-order valence-electron chi connectivity index (χ3n) is 3.41. The molecule has 0 saturated carbocycles. The molecule has 0 amide bonds. The molecule has 1 rings (SSSR count). The number of carboxylic acids is 1. The van der Waals surface area contributed by atoms with Crippen LogP contribution in [-0.2, 0) is 14.8 Å². The van der Waals surface area contributed by atoms with Crippen LogP contribution < -0.4 is 4.72 Å². The predicted octanol–water partition coefficient (Wildman–Crippen LogP) is 0.643. The van der Waals surface area contributed by atoms with Crippen molar-refractivity contribution in [1.29, 1.82) is 0 Å². The Balaban J connectivity index is 2.33. The number of hydrogen-bond acceptors (Lipinski definition) is 4. The average molecular weight is 292 g/mol. The van der Waals surface area contributed by atoms with E-state index in [4.69, 9.17) is 5.11 Å². The molecule has 0 aromatic rings. The Morgan fingerprint density at radius 3 is 2.42 bits per heavy atom. The molecule has 1 saturated heterocycles. The monoisotopic (exact) mass is 292 g/mol. The standard InChI is InChI=1S/C12H24N2O4S/c1-10(2)14-7-5-11(6-8-14)13-19(17,18)9-3-4-12(15)16/h10-11,13H,3-9H2,1-2H3,(H,15,16). The summed E-state index contributed by atoms with van der Waals surface area (Å²) < 4.78 is 26.2. The lowest BCUT2D eigenvalue weighted by Gasteiger charge is -2.34. The van der Waals surface area contributed by atoms with E-state index in [1.54, 1.807) is 0 Å². The Morgan fingerprint density at radius 2 is 1.95 bits per heavy atom. The van der Waals surface area contributed by atoms with Gasteiger partial charge in [0.2, 0.25) is 10.0 Å². The zero-order valence-electron chi connectivity index (χ0n) is 11.6. The number of sulfonamides is 1. The second-order valence-corrected chi connectivity index (χ2v) is 7.21. The van der Waals surface area contributed by atoms with Gasteiger partial charge in [-0.2, -0.15) is 0 Å². The fraction of sp³-hybridized carbons (Fsp3) is 0.917. The van der Waals surface area contributed by atoms with Gasteiger partial charge in [-0.1, -0.05) is 0 Å². The van der Waals surface area contributed by atoms with Gasteiger partial charge >= 0.3 is 5.97 Å². The largest absolute Gasteiger partial charge is 0.481 e. The van der Waals surface area contributed by atoms with Gasteiger partial charge in [-0.3, -0.25) is 4.79 Å². The minimum atomic E-state index is -3.35. The fourth-order valence-electron chi connectivity index (χ4n) is 2.26. The average Bonchev–Trinajstić information content (AvgIpc) is 2.28. The Kier molecular flexibility index (Phi) is 6.22. The van der Waals surface area contributed by atoms with Crippen LogP contribution in [-0.4, -0.2) is 55.3 Å². The highest BCUT2D eigenvalue weighted by atomic mass is 32.2. The molecule has 0 aromatic heterocycles. The summed E-state index contributed by atoms with van der Waals surface area (Å²) in [6.45, 7) is 6.08. The summed E-state index contributed by atoms with van der Waals surface area (Å²) in [5.41, 5.74) is 0. The molecule has 0 aliphatic carbocycles. The van der Waals surface area contributed by atoms with Crippen LogP contribution in [0.2, 0.25) is 0 Å². The second-order valence-electron chi connectivity index (χ2n) is 5.34. The smallest absolute Gasteiger partial charge is 0.303 e. The predicted molar refractivity (Wildman–Crippen MR) is 73.5 cm³/mol. The van der Waals surface area contributed by atoms with Crippen molar-refractivity contribution < 1.29 is 18.3 Å². The van der Waals surface area contributed by atoms with Crippen molar-refractivity contribution in [3.05, 3.63) is 0 Å². The summed E-state index contributed by atoms with van der Waals surface area (Å²) in [6.07, 6.45) is 1.69. The van der Waals surface area contributed by atoms with E-state index < -0.39 is 16.0 Å². The van der Waals surface area contributed by atoms with E-state index in [1.165, 1.54) is 0 Å². The second kappa shape index (κ2) is 7.21. The van der Waals surface area contributed by atoms with Gasteiger partial charge in [0, 0.05) is 18.5 Å². The zero-order valence-corrected chi connectivity index (χ0v) is 12.4. The molecule has 1 aliphatic heterocycles. The van der Waals surface area contributed by atoms with Crippen LogP contribution in [0.3, 0.4) is 0 Å². The van der Waals surface area contributed by atoms with Crippen LogP contribution in [0, 0.1) is 0 Å². The van der Waals surface area contributed by atoms with Crippen molar-refractivity contribution in [1.82, 2.24) is 9.62 Å². The summed E-state index contributed by atoms with van der Waals surface area (Å²) in [7, 11) is -3.35. The molecule has 1 fully saturated rings. The number of nitrogens with zero attached hydrogens (tertiary/aromatic N) is 1. The van der Waals surface area contributed by atoms with Gasteiger partial charge in [0.05, 0.1) is 5.75 Å². The maximum Gasteiger partial charge on any atom is 0.303 e. The third kappa shape index (κ3) is 6.35. The highest BCUT2D eigenvalue weighted by Crippen LogP contribution is 2.14. The molecule has 112 valence electrons. The Morgan fingerprint density at radius 1 is 1.37 bits per heavy atom. The normalized spacial score (nSPS) is 18.9. The molecule has 0 aromatic carbocycles. The van der Waals surface area contributed by atoms with E-state index in [0.29, 0.717) is 6.04 Å². The summed E-state index contributed by atoms with van der Waals surface area (Å²) in [6, 6.07) is 0.484. The molecule has 0 radical (unpaired) electrons. The molecular weight excluding hydrogens is 268 g/mol. The third-order valence-corrected chi connectivity index (χ3v) is 4.93. The van der Waals surface area contributed by atoms with E-state index in [9.17, 15) is 13.2 Å². The molecule has 1 aliphatic rings. The molecule has 6 nitrogen and oxygen atoms in total. The number of carboxylic acid groups (broad SMARTS) is 1. The van der Waals surface area contributed by atoms with Crippen molar-refractivity contribution in [2.75, 3.05) is 18.8 Å². The highest BCUT2D eigenvalue weighted by Gasteiger charge is 2.24. The molecule has 0 unspecified atom stereocenters. The van der Waals surface area contributed by atoms with E-state index in [2.05, 4.69) is 23.5 Å². The molecule has 0 spiro atoms. The van der Waals surface area contributed by atoms with Gasteiger partial charge in [-0.05, 0) is 46.2 Å². The minimum absolute atomic E-state index is 0.00942. The van der Waals surface area contributed by atoms with Gasteiger partial charge in [0.1, 0.15) is 0 Å². The number of nitrogens with one attached hydrogen (secondary N) is 1. The van der Waals surface area contributed by atoms with E-state index in [0.717, 1.165) is 25.9 Å². The summed E-state index contributed by atoms with van der Waals surface area (Å²) in [5.74, 6) is -1.07. The Bertz CT molecular complexity index is 387.